The lowest BCUT2D eigenvalue weighted by Crippen LogP contribution is -2.50. The van der Waals surface area contributed by atoms with Gasteiger partial charge in [0.2, 0.25) is 26.9 Å². The fourth-order valence-corrected chi connectivity index (χ4v) is 5.88. The van der Waals surface area contributed by atoms with Crippen molar-refractivity contribution in [1.29, 1.82) is 0 Å². The van der Waals surface area contributed by atoms with Crippen LogP contribution in [0.5, 0.6) is 5.75 Å². The molecule has 0 aromatic heterocycles. The Balaban J connectivity index is 1.76. The Bertz CT molecular complexity index is 1060. The summed E-state index contributed by atoms with van der Waals surface area (Å²) in [7, 11) is -8.39. The number of piperazine rings is 1. The van der Waals surface area contributed by atoms with E-state index in [-0.39, 0.29) is 36.8 Å². The van der Waals surface area contributed by atoms with Crippen LogP contribution in [0.15, 0.2) is 52.3 Å². The van der Waals surface area contributed by atoms with Crippen LogP contribution < -0.4 is 4.74 Å². The summed E-state index contributed by atoms with van der Waals surface area (Å²) in [4.78, 5) is -1.13. The van der Waals surface area contributed by atoms with Crippen molar-refractivity contribution in [2.45, 2.75) is 9.79 Å². The number of hydrogen-bond acceptors (Lipinski definition) is 5. The highest BCUT2D eigenvalue weighted by Gasteiger charge is 2.36. The van der Waals surface area contributed by atoms with Gasteiger partial charge in [-0.05, 0) is 36.4 Å². The smallest absolute Gasteiger partial charge is 0.249 e. The molecule has 0 amide bonds. The van der Waals surface area contributed by atoms with Gasteiger partial charge in [-0.3, -0.25) is 0 Å². The lowest BCUT2D eigenvalue weighted by Gasteiger charge is -2.33. The van der Waals surface area contributed by atoms with Gasteiger partial charge in [-0.15, -0.1) is 0 Å². The van der Waals surface area contributed by atoms with Crippen molar-refractivity contribution in [2.75, 3.05) is 33.0 Å². The Morgan fingerprint density at radius 3 is 1.76 bits per heavy atom. The Morgan fingerprint density at radius 1 is 0.793 bits per heavy atom. The second-order valence-electron chi connectivity index (χ2n) is 6.08. The molecule has 1 saturated heterocycles. The highest BCUT2D eigenvalue weighted by atomic mass is 32.2. The minimum atomic E-state index is -4.46. The predicted molar refractivity (Wildman–Crippen MR) is 96.9 cm³/mol. The quantitative estimate of drug-likeness (QED) is 0.673. The zero-order valence-electron chi connectivity index (χ0n) is 15.0. The first-order valence-electron chi connectivity index (χ1n) is 8.41. The lowest BCUT2D eigenvalue weighted by molar-refractivity contribution is 0.191. The maximum absolute atomic E-state index is 13.9. The monoisotopic (exact) mass is 449 g/mol. The van der Waals surface area contributed by atoms with Crippen molar-refractivity contribution in [1.82, 2.24) is 8.61 Å². The van der Waals surface area contributed by atoms with Crippen LogP contribution in [0.3, 0.4) is 0 Å². The van der Waals surface area contributed by atoms with Crippen LogP contribution in [0, 0.1) is 11.6 Å². The zero-order chi connectivity index (χ0) is 21.2. The molecule has 0 atom stereocenters. The number of nitrogens with zero attached hydrogens (tertiary/aromatic N) is 2. The van der Waals surface area contributed by atoms with Crippen molar-refractivity contribution < 1.29 is 34.7 Å². The molecule has 1 aliphatic heterocycles. The Labute approximate surface area is 166 Å². The predicted octanol–water partition coefficient (Wildman–Crippen LogP) is 1.97. The van der Waals surface area contributed by atoms with Crippen molar-refractivity contribution in [3.05, 3.63) is 54.1 Å². The van der Waals surface area contributed by atoms with Gasteiger partial charge < -0.3 is 4.74 Å². The summed E-state index contributed by atoms with van der Waals surface area (Å²) >= 11 is 0. The molecule has 0 saturated carbocycles. The maximum atomic E-state index is 13.9. The third-order valence-electron chi connectivity index (χ3n) is 4.40. The Kier molecular flexibility index (Phi) is 6.17. The SMILES string of the molecule is O=S(=O)(c1ccc(OC[18F])cc1)N1CCN(S(=O)(=O)c2c(F)cccc2F)CC1. The fourth-order valence-electron chi connectivity index (χ4n) is 2.93. The molecule has 12 heteroatoms. The maximum Gasteiger partial charge on any atom is 0.249 e. The van der Waals surface area contributed by atoms with E-state index in [0.29, 0.717) is 0 Å². The molecule has 1 aliphatic rings. The molecule has 3 rings (SSSR count). The third kappa shape index (κ3) is 4.25. The molecule has 29 heavy (non-hydrogen) atoms. The highest BCUT2D eigenvalue weighted by molar-refractivity contribution is 7.89. The van der Waals surface area contributed by atoms with Gasteiger partial charge >= 0.3 is 0 Å². The van der Waals surface area contributed by atoms with Gasteiger partial charge in [-0.2, -0.15) is 8.61 Å². The largest absolute Gasteiger partial charge is 0.463 e. The standard InChI is InChI=1S/C17H17F3N2O5S2/c18-12-27-13-4-6-14(7-5-13)28(23,24)21-8-10-22(11-9-21)29(25,26)17-15(19)2-1-3-16(17)20/h1-7H,8-12H2/i18-1. The average molecular weight is 449 g/mol. The van der Waals surface area contributed by atoms with Crippen LogP contribution in [0.2, 0.25) is 0 Å². The number of ether oxygens (including phenoxy) is 1. The Hall–Kier alpha value is -2.15. The summed E-state index contributed by atoms with van der Waals surface area (Å²) < 4.78 is 97.1. The van der Waals surface area contributed by atoms with E-state index < -0.39 is 43.4 Å². The van der Waals surface area contributed by atoms with E-state index in [4.69, 9.17) is 0 Å². The van der Waals surface area contributed by atoms with Gasteiger partial charge in [0, 0.05) is 26.2 Å². The van der Waals surface area contributed by atoms with E-state index in [1.807, 2.05) is 0 Å². The summed E-state index contributed by atoms with van der Waals surface area (Å²) in [6.07, 6.45) is 0. The average Bonchev–Trinajstić information content (AvgIpc) is 2.68. The van der Waals surface area contributed by atoms with E-state index >= 15 is 0 Å². The van der Waals surface area contributed by atoms with Crippen LogP contribution >= 0.6 is 0 Å². The van der Waals surface area contributed by atoms with Gasteiger partial charge in [0.05, 0.1) is 4.90 Å². The molecule has 0 N–H and O–H groups in total. The third-order valence-corrected chi connectivity index (χ3v) is 8.26. The Morgan fingerprint density at radius 2 is 1.28 bits per heavy atom. The summed E-state index contributed by atoms with van der Waals surface area (Å²) in [5.74, 6) is -2.26. The minimum Gasteiger partial charge on any atom is -0.463 e. The number of benzene rings is 2. The van der Waals surface area contributed by atoms with Crippen LogP contribution in [0.4, 0.5) is 13.2 Å². The van der Waals surface area contributed by atoms with Gasteiger partial charge in [0.1, 0.15) is 17.4 Å². The highest BCUT2D eigenvalue weighted by Crippen LogP contribution is 2.26. The van der Waals surface area contributed by atoms with Crippen molar-refractivity contribution in [2.24, 2.45) is 0 Å². The fraction of sp³-hybridized carbons (Fsp3) is 0.294. The van der Waals surface area contributed by atoms with Gasteiger partial charge in [0.25, 0.3) is 0 Å². The first-order chi connectivity index (χ1) is 13.7. The molecule has 2 aromatic rings. The molecular formula is C17H17F3N2O5S2. The molecular weight excluding hydrogens is 432 g/mol. The van der Waals surface area contributed by atoms with E-state index in [2.05, 4.69) is 4.74 Å². The lowest BCUT2D eigenvalue weighted by atomic mass is 10.3. The number of rotatable bonds is 6. The second kappa shape index (κ2) is 8.30. The minimum absolute atomic E-state index is 0.0693. The molecule has 0 aliphatic carbocycles. The van der Waals surface area contributed by atoms with E-state index in [0.717, 1.165) is 26.8 Å². The molecule has 0 unspecified atom stereocenters. The van der Waals surface area contributed by atoms with Gasteiger partial charge in [0.15, 0.2) is 4.90 Å². The molecule has 2 aromatic carbocycles. The van der Waals surface area contributed by atoms with E-state index in [1.54, 1.807) is 0 Å². The number of alkyl halides is 1. The number of halogens is 3. The summed E-state index contributed by atoms with van der Waals surface area (Å²) in [6.45, 7) is -1.97. The second-order valence-corrected chi connectivity index (χ2v) is 9.90. The van der Waals surface area contributed by atoms with Crippen LogP contribution in [-0.4, -0.2) is 58.5 Å². The zero-order valence-corrected chi connectivity index (χ0v) is 16.6. The summed E-state index contributed by atoms with van der Waals surface area (Å²) in [6, 6.07) is 7.83. The van der Waals surface area contributed by atoms with E-state index in [1.165, 1.54) is 24.3 Å². The first-order valence-corrected chi connectivity index (χ1v) is 11.3. The number of sulfonamides is 2. The van der Waals surface area contributed by atoms with Crippen LogP contribution in [0.25, 0.3) is 0 Å². The topological polar surface area (TPSA) is 84.0 Å². The van der Waals surface area contributed by atoms with E-state index in [9.17, 15) is 30.0 Å². The van der Waals surface area contributed by atoms with Crippen molar-refractivity contribution in [3.8, 4) is 5.75 Å². The summed E-state index contributed by atoms with van der Waals surface area (Å²) in [5, 5.41) is 0. The molecule has 0 radical (unpaired) electrons. The summed E-state index contributed by atoms with van der Waals surface area (Å²) in [5.41, 5.74) is 0. The first kappa shape index (κ1) is 21.6. The molecule has 7 nitrogen and oxygen atoms in total. The molecule has 1 heterocycles. The normalized spacial score (nSPS) is 16.7. The van der Waals surface area contributed by atoms with Gasteiger partial charge in [-0.1, -0.05) is 6.07 Å². The van der Waals surface area contributed by atoms with Gasteiger partial charge in [-0.25, -0.2) is 30.0 Å². The molecule has 158 valence electrons. The van der Waals surface area contributed by atoms with Crippen LogP contribution in [0.1, 0.15) is 0 Å². The van der Waals surface area contributed by atoms with Crippen LogP contribution in [-0.2, 0) is 20.0 Å². The van der Waals surface area contributed by atoms with Crippen molar-refractivity contribution >= 4 is 20.0 Å². The van der Waals surface area contributed by atoms with Crippen molar-refractivity contribution in [3.63, 3.8) is 0 Å². The number of hydrogen-bond donors (Lipinski definition) is 0. The molecule has 1 fully saturated rings. The molecule has 0 spiro atoms. The molecule has 0 bridgehead atoms.